The SMILES string of the molecule is CCCCCCCCCC/C=C\CCCCCCCCCCCCCCCCCCCCCCCC(=O)NC(COP(=O)(O)OCC[N+](C)(C)C)C(O)CCCCCCCCCCCCCCCCCCCCCCCCCCCCCC. The molecular formula is C74H150N2O6P+. The number of hydrogen-bond donors (Lipinski definition) is 3. The van der Waals surface area contributed by atoms with E-state index in [1.807, 2.05) is 21.1 Å². The van der Waals surface area contributed by atoms with Gasteiger partial charge in [-0.05, 0) is 38.5 Å². The Morgan fingerprint density at radius 1 is 0.398 bits per heavy atom. The van der Waals surface area contributed by atoms with Gasteiger partial charge in [-0.2, -0.15) is 0 Å². The lowest BCUT2D eigenvalue weighted by molar-refractivity contribution is -0.870. The van der Waals surface area contributed by atoms with Crippen LogP contribution in [0.5, 0.6) is 0 Å². The Kier molecular flexibility index (Phi) is 65.1. The molecule has 3 N–H and O–H groups in total. The van der Waals surface area contributed by atoms with Gasteiger partial charge in [0.05, 0.1) is 39.9 Å². The number of phosphoric ester groups is 1. The molecule has 0 spiro atoms. The summed E-state index contributed by atoms with van der Waals surface area (Å²) in [5.74, 6) is -0.133. The van der Waals surface area contributed by atoms with Crippen LogP contribution in [-0.2, 0) is 18.4 Å². The zero-order chi connectivity index (χ0) is 60.5. The molecule has 496 valence electrons. The van der Waals surface area contributed by atoms with Crippen molar-refractivity contribution in [2.45, 2.75) is 418 Å². The fraction of sp³-hybridized carbons (Fsp3) is 0.959. The highest BCUT2D eigenvalue weighted by molar-refractivity contribution is 7.47. The van der Waals surface area contributed by atoms with Gasteiger partial charge in [0.1, 0.15) is 13.2 Å². The molecule has 0 saturated heterocycles. The first kappa shape index (κ1) is 82.2. The normalized spacial score (nSPS) is 13.6. The summed E-state index contributed by atoms with van der Waals surface area (Å²) in [5.41, 5.74) is 0. The van der Waals surface area contributed by atoms with E-state index in [0.717, 1.165) is 38.5 Å². The van der Waals surface area contributed by atoms with Crippen LogP contribution < -0.4 is 5.32 Å². The Hall–Kier alpha value is -0.760. The summed E-state index contributed by atoms with van der Waals surface area (Å²) in [4.78, 5) is 23.5. The number of likely N-dealkylation sites (N-methyl/N-ethyl adjacent to an activating group) is 1. The number of nitrogens with zero attached hydrogens (tertiary/aromatic N) is 1. The Balaban J connectivity index is 3.94. The molecule has 0 fully saturated rings. The minimum atomic E-state index is -4.33. The van der Waals surface area contributed by atoms with Crippen LogP contribution in [0.3, 0.4) is 0 Å². The Bertz CT molecular complexity index is 1360. The summed E-state index contributed by atoms with van der Waals surface area (Å²) in [6.07, 6.45) is 84.8. The number of unbranched alkanes of at least 4 members (excludes halogenated alkanes) is 56. The number of amides is 1. The van der Waals surface area contributed by atoms with Gasteiger partial charge in [-0.3, -0.25) is 13.8 Å². The van der Waals surface area contributed by atoms with Crippen LogP contribution in [0.25, 0.3) is 0 Å². The highest BCUT2D eigenvalue weighted by Gasteiger charge is 2.28. The highest BCUT2D eigenvalue weighted by atomic mass is 31.2. The molecule has 8 nitrogen and oxygen atoms in total. The molecule has 0 aromatic rings. The fourth-order valence-corrected chi connectivity index (χ4v) is 12.7. The van der Waals surface area contributed by atoms with Gasteiger partial charge in [0.15, 0.2) is 0 Å². The predicted octanol–water partition coefficient (Wildman–Crippen LogP) is 24.1. The largest absolute Gasteiger partial charge is 0.472 e. The molecule has 0 aliphatic rings. The van der Waals surface area contributed by atoms with E-state index in [9.17, 15) is 19.4 Å². The minimum absolute atomic E-state index is 0.0786. The van der Waals surface area contributed by atoms with E-state index in [2.05, 4.69) is 31.3 Å². The van der Waals surface area contributed by atoms with Crippen LogP contribution in [0.1, 0.15) is 406 Å². The third-order valence-corrected chi connectivity index (χ3v) is 18.7. The Labute approximate surface area is 520 Å². The van der Waals surface area contributed by atoms with E-state index >= 15 is 0 Å². The number of allylic oxidation sites excluding steroid dienone is 2. The van der Waals surface area contributed by atoms with Gasteiger partial charge in [0.25, 0.3) is 0 Å². The first-order chi connectivity index (χ1) is 40.5. The van der Waals surface area contributed by atoms with Crippen LogP contribution in [0.4, 0.5) is 0 Å². The number of carbonyl (C=O) groups is 1. The average molecular weight is 1190 g/mol. The van der Waals surface area contributed by atoms with Gasteiger partial charge in [-0.1, -0.05) is 373 Å². The smallest absolute Gasteiger partial charge is 0.391 e. The molecule has 0 aromatic heterocycles. The van der Waals surface area contributed by atoms with E-state index in [0.29, 0.717) is 23.9 Å². The lowest BCUT2D eigenvalue weighted by Crippen LogP contribution is -2.46. The zero-order valence-electron chi connectivity index (χ0n) is 57.0. The Morgan fingerprint density at radius 3 is 0.928 bits per heavy atom. The molecule has 3 unspecified atom stereocenters. The van der Waals surface area contributed by atoms with Gasteiger partial charge < -0.3 is 19.8 Å². The summed E-state index contributed by atoms with van der Waals surface area (Å²) in [5, 5.41) is 14.2. The molecule has 0 aromatic carbocycles. The quantitative estimate of drug-likeness (QED) is 0.0243. The van der Waals surface area contributed by atoms with E-state index in [4.69, 9.17) is 9.05 Å². The molecule has 0 aliphatic heterocycles. The van der Waals surface area contributed by atoms with Crippen molar-refractivity contribution in [2.75, 3.05) is 40.9 Å². The van der Waals surface area contributed by atoms with Crippen molar-refractivity contribution in [1.29, 1.82) is 0 Å². The maximum atomic E-state index is 13.1. The molecule has 3 atom stereocenters. The number of nitrogens with one attached hydrogen (secondary N) is 1. The number of carbonyl (C=O) groups excluding carboxylic acids is 1. The summed E-state index contributed by atoms with van der Waals surface area (Å²) in [7, 11) is 1.64. The first-order valence-corrected chi connectivity index (χ1v) is 39.0. The summed E-state index contributed by atoms with van der Waals surface area (Å²) < 4.78 is 23.9. The molecule has 0 bridgehead atoms. The van der Waals surface area contributed by atoms with Crippen LogP contribution in [0.15, 0.2) is 12.2 Å². The van der Waals surface area contributed by atoms with E-state index in [1.54, 1.807) is 0 Å². The van der Waals surface area contributed by atoms with Crippen molar-refractivity contribution in [3.63, 3.8) is 0 Å². The topological polar surface area (TPSA) is 105 Å². The van der Waals surface area contributed by atoms with Crippen molar-refractivity contribution in [3.8, 4) is 0 Å². The lowest BCUT2D eigenvalue weighted by atomic mass is 10.0. The van der Waals surface area contributed by atoms with Gasteiger partial charge in [0.2, 0.25) is 5.91 Å². The van der Waals surface area contributed by atoms with Gasteiger partial charge >= 0.3 is 7.82 Å². The molecule has 9 heteroatoms. The van der Waals surface area contributed by atoms with Gasteiger partial charge in [-0.25, -0.2) is 4.57 Å². The lowest BCUT2D eigenvalue weighted by Gasteiger charge is -2.26. The second-order valence-electron chi connectivity index (χ2n) is 27.4. The predicted molar refractivity (Wildman–Crippen MR) is 365 cm³/mol. The number of aliphatic hydroxyl groups excluding tert-OH is 1. The Morgan fingerprint density at radius 2 is 0.651 bits per heavy atom. The van der Waals surface area contributed by atoms with Crippen LogP contribution >= 0.6 is 7.82 Å². The van der Waals surface area contributed by atoms with Crippen molar-refractivity contribution in [1.82, 2.24) is 5.32 Å². The number of phosphoric acid groups is 1. The molecular weight excluding hydrogens is 1040 g/mol. The molecule has 0 saturated carbocycles. The number of rotatable bonds is 71. The van der Waals surface area contributed by atoms with E-state index < -0.39 is 20.0 Å². The monoisotopic (exact) mass is 1190 g/mol. The molecule has 0 aliphatic carbocycles. The third kappa shape index (κ3) is 68.6. The molecule has 0 radical (unpaired) electrons. The third-order valence-electron chi connectivity index (χ3n) is 17.8. The molecule has 0 rings (SSSR count). The van der Waals surface area contributed by atoms with Crippen molar-refractivity contribution in [2.24, 2.45) is 0 Å². The number of hydrogen-bond acceptors (Lipinski definition) is 5. The van der Waals surface area contributed by atoms with E-state index in [-0.39, 0.29) is 19.1 Å². The summed E-state index contributed by atoms with van der Waals surface area (Å²) >= 11 is 0. The first-order valence-electron chi connectivity index (χ1n) is 37.6. The second kappa shape index (κ2) is 65.7. The fourth-order valence-electron chi connectivity index (χ4n) is 11.9. The molecule has 83 heavy (non-hydrogen) atoms. The van der Waals surface area contributed by atoms with Crippen molar-refractivity contribution in [3.05, 3.63) is 12.2 Å². The van der Waals surface area contributed by atoms with Crippen LogP contribution in [-0.4, -0.2) is 73.4 Å². The van der Waals surface area contributed by atoms with Gasteiger partial charge in [0, 0.05) is 6.42 Å². The standard InChI is InChI=1S/C74H149N2O6P/c1-6-8-10-12-14-16-18-20-22-24-26-28-30-32-34-36-37-38-39-40-42-44-46-48-50-52-54-56-58-60-62-64-66-68-74(78)75-72(71-82-83(79,80)81-70-69-76(3,4)5)73(77)67-65-63-61-59-57-55-53-51-49-47-45-43-41-35-33-31-29-27-25-23-21-19-17-15-13-11-9-7-2/h24,26,72-73,77H,6-23,25,27-71H2,1-5H3,(H-,75,78,79,80)/p+1/b26-24-. The van der Waals surface area contributed by atoms with Crippen LogP contribution in [0.2, 0.25) is 0 Å². The van der Waals surface area contributed by atoms with Crippen LogP contribution in [0, 0.1) is 0 Å². The van der Waals surface area contributed by atoms with E-state index in [1.165, 1.54) is 340 Å². The second-order valence-corrected chi connectivity index (χ2v) is 28.8. The minimum Gasteiger partial charge on any atom is -0.391 e. The number of aliphatic hydroxyl groups is 1. The highest BCUT2D eigenvalue weighted by Crippen LogP contribution is 2.43. The van der Waals surface area contributed by atoms with Gasteiger partial charge in [-0.15, -0.1) is 0 Å². The molecule has 0 heterocycles. The summed E-state index contributed by atoms with van der Waals surface area (Å²) in [6.45, 7) is 4.96. The van der Waals surface area contributed by atoms with Crippen molar-refractivity contribution < 1.29 is 32.9 Å². The average Bonchev–Trinajstić information content (AvgIpc) is 3.49. The van der Waals surface area contributed by atoms with Crippen molar-refractivity contribution >= 4 is 13.7 Å². The summed E-state index contributed by atoms with van der Waals surface area (Å²) in [6, 6.07) is -0.759. The maximum Gasteiger partial charge on any atom is 0.472 e. The zero-order valence-corrected chi connectivity index (χ0v) is 57.9. The number of quaternary nitrogens is 1. The molecule has 1 amide bonds. The maximum absolute atomic E-state index is 13.1.